The van der Waals surface area contributed by atoms with Crippen molar-refractivity contribution in [3.05, 3.63) is 70.0 Å². The number of rotatable bonds is 3. The summed E-state index contributed by atoms with van der Waals surface area (Å²) in [5.74, 6) is 0. The summed E-state index contributed by atoms with van der Waals surface area (Å²) < 4.78 is 29.2. The van der Waals surface area contributed by atoms with Crippen LogP contribution >= 0.6 is 0 Å². The monoisotopic (exact) mass is 353 g/mol. The van der Waals surface area contributed by atoms with E-state index in [-0.39, 0.29) is 16.0 Å². The Bertz CT molecular complexity index is 1190. The van der Waals surface area contributed by atoms with Crippen molar-refractivity contribution in [2.75, 3.05) is 4.72 Å². The molecule has 0 aliphatic carbocycles. The number of nitrogens with one attached hydrogen (secondary N) is 1. The largest absolute Gasteiger partial charge is 0.311 e. The van der Waals surface area contributed by atoms with Crippen LogP contribution in [0, 0.1) is 18.3 Å². The van der Waals surface area contributed by atoms with Crippen molar-refractivity contribution in [3.8, 4) is 6.07 Å². The topological polar surface area (TPSA) is 92.0 Å². The third-order valence-electron chi connectivity index (χ3n) is 4.00. The fourth-order valence-electron chi connectivity index (χ4n) is 2.69. The Kier molecular flexibility index (Phi) is 4.07. The van der Waals surface area contributed by atoms with Crippen molar-refractivity contribution in [3.63, 3.8) is 0 Å². The van der Waals surface area contributed by atoms with Gasteiger partial charge in [-0.2, -0.15) is 5.26 Å². The van der Waals surface area contributed by atoms with Gasteiger partial charge in [0, 0.05) is 24.2 Å². The number of nitrogens with zero attached hydrogens (tertiary/aromatic N) is 2. The molecule has 7 heteroatoms. The molecule has 3 rings (SSSR count). The summed E-state index contributed by atoms with van der Waals surface area (Å²) in [5, 5.41) is 9.88. The predicted octanol–water partition coefficient (Wildman–Crippen LogP) is 2.52. The molecule has 1 heterocycles. The standard InChI is InChI=1S/C18H15N3O3S/c1-12-9-18(22)21(2)16-8-7-14(10-15(12)16)20-25(23,24)17-6-4-3-5-13(17)11-19/h3-10,20H,1-2H3. The number of anilines is 1. The first-order valence-electron chi connectivity index (χ1n) is 7.46. The Morgan fingerprint density at radius 1 is 1.12 bits per heavy atom. The van der Waals surface area contributed by atoms with Gasteiger partial charge in [-0.1, -0.05) is 12.1 Å². The van der Waals surface area contributed by atoms with E-state index in [1.165, 1.54) is 22.8 Å². The van der Waals surface area contributed by atoms with Gasteiger partial charge in [0.1, 0.15) is 11.0 Å². The zero-order chi connectivity index (χ0) is 18.2. The first kappa shape index (κ1) is 16.7. The van der Waals surface area contributed by atoms with Crippen LogP contribution in [-0.4, -0.2) is 13.0 Å². The Morgan fingerprint density at radius 3 is 2.56 bits per heavy atom. The molecule has 0 radical (unpaired) electrons. The van der Waals surface area contributed by atoms with E-state index >= 15 is 0 Å². The number of fused-ring (bicyclic) bond motifs is 1. The summed E-state index contributed by atoms with van der Waals surface area (Å²) in [6.45, 7) is 1.80. The van der Waals surface area contributed by atoms with Crippen LogP contribution in [0.5, 0.6) is 0 Å². The first-order valence-corrected chi connectivity index (χ1v) is 8.94. The van der Waals surface area contributed by atoms with E-state index in [0.717, 1.165) is 10.9 Å². The van der Waals surface area contributed by atoms with E-state index in [2.05, 4.69) is 4.72 Å². The second kappa shape index (κ2) is 6.07. The van der Waals surface area contributed by atoms with E-state index in [0.29, 0.717) is 11.2 Å². The van der Waals surface area contributed by atoms with E-state index < -0.39 is 10.0 Å². The van der Waals surface area contributed by atoms with Gasteiger partial charge >= 0.3 is 0 Å². The maximum Gasteiger partial charge on any atom is 0.263 e. The maximum atomic E-state index is 12.6. The molecule has 126 valence electrons. The number of aromatic nitrogens is 1. The molecule has 3 aromatic rings. The molecule has 0 fully saturated rings. The molecular formula is C18H15N3O3S. The lowest BCUT2D eigenvalue weighted by molar-refractivity contribution is 0.601. The highest BCUT2D eigenvalue weighted by Gasteiger charge is 2.18. The van der Waals surface area contributed by atoms with Crippen molar-refractivity contribution in [1.82, 2.24) is 4.57 Å². The molecule has 1 N–H and O–H groups in total. The molecule has 0 saturated carbocycles. The normalized spacial score (nSPS) is 11.2. The summed E-state index contributed by atoms with van der Waals surface area (Å²) in [6.07, 6.45) is 0. The average molecular weight is 353 g/mol. The molecule has 0 bridgehead atoms. The number of pyridine rings is 1. The Morgan fingerprint density at radius 2 is 1.84 bits per heavy atom. The van der Waals surface area contributed by atoms with Gasteiger partial charge in [0.05, 0.1) is 11.1 Å². The highest BCUT2D eigenvalue weighted by atomic mass is 32.2. The number of sulfonamides is 1. The van der Waals surface area contributed by atoms with Crippen LogP contribution in [0.2, 0.25) is 0 Å². The molecule has 0 aliphatic rings. The number of hydrogen-bond donors (Lipinski definition) is 1. The summed E-state index contributed by atoms with van der Waals surface area (Å²) >= 11 is 0. The van der Waals surface area contributed by atoms with Crippen molar-refractivity contribution in [2.24, 2.45) is 7.05 Å². The third-order valence-corrected chi connectivity index (χ3v) is 5.44. The summed E-state index contributed by atoms with van der Waals surface area (Å²) in [6, 6.07) is 14.4. The van der Waals surface area contributed by atoms with Gasteiger partial charge in [0.15, 0.2) is 0 Å². The van der Waals surface area contributed by atoms with E-state index in [1.54, 1.807) is 44.3 Å². The smallest absolute Gasteiger partial charge is 0.263 e. The number of nitriles is 1. The minimum atomic E-state index is -3.90. The van der Waals surface area contributed by atoms with Crippen LogP contribution in [0.4, 0.5) is 5.69 Å². The molecule has 0 saturated heterocycles. The summed E-state index contributed by atoms with van der Waals surface area (Å²) in [5.41, 5.74) is 1.79. The molecule has 0 amide bonds. The van der Waals surface area contributed by atoms with E-state index in [4.69, 9.17) is 5.26 Å². The molecular weight excluding hydrogens is 338 g/mol. The SMILES string of the molecule is Cc1cc(=O)n(C)c2ccc(NS(=O)(=O)c3ccccc3C#N)cc12. The highest BCUT2D eigenvalue weighted by Crippen LogP contribution is 2.24. The maximum absolute atomic E-state index is 12.6. The minimum Gasteiger partial charge on any atom is -0.311 e. The lowest BCUT2D eigenvalue weighted by Crippen LogP contribution is -2.17. The fraction of sp³-hybridized carbons (Fsp3) is 0.111. The van der Waals surface area contributed by atoms with Crippen molar-refractivity contribution < 1.29 is 8.42 Å². The lowest BCUT2D eigenvalue weighted by atomic mass is 10.1. The van der Waals surface area contributed by atoms with Crippen LogP contribution in [0.15, 0.2) is 58.2 Å². The van der Waals surface area contributed by atoms with Gasteiger partial charge in [-0.15, -0.1) is 0 Å². The van der Waals surface area contributed by atoms with Gasteiger partial charge in [0.2, 0.25) is 0 Å². The van der Waals surface area contributed by atoms with Gasteiger partial charge in [-0.05, 0) is 42.8 Å². The van der Waals surface area contributed by atoms with Gasteiger partial charge < -0.3 is 4.57 Å². The molecule has 0 spiro atoms. The molecule has 0 aliphatic heterocycles. The van der Waals surface area contributed by atoms with Gasteiger partial charge in [0.25, 0.3) is 15.6 Å². The van der Waals surface area contributed by atoms with Gasteiger partial charge in [-0.25, -0.2) is 8.42 Å². The predicted molar refractivity (Wildman–Crippen MR) is 95.9 cm³/mol. The molecule has 0 atom stereocenters. The van der Waals surface area contributed by atoms with Crippen LogP contribution < -0.4 is 10.3 Å². The number of aryl methyl sites for hydroxylation is 2. The molecule has 1 aromatic heterocycles. The van der Waals surface area contributed by atoms with Crippen LogP contribution in [-0.2, 0) is 17.1 Å². The van der Waals surface area contributed by atoms with E-state index in [9.17, 15) is 13.2 Å². The quantitative estimate of drug-likeness (QED) is 0.783. The molecule has 2 aromatic carbocycles. The van der Waals surface area contributed by atoms with E-state index in [1.807, 2.05) is 6.07 Å². The first-order chi connectivity index (χ1) is 11.8. The highest BCUT2D eigenvalue weighted by molar-refractivity contribution is 7.92. The summed E-state index contributed by atoms with van der Waals surface area (Å²) in [4.78, 5) is 11.8. The molecule has 6 nitrogen and oxygen atoms in total. The Labute approximate surface area is 145 Å². The number of benzene rings is 2. The molecule has 25 heavy (non-hydrogen) atoms. The van der Waals surface area contributed by atoms with Crippen LogP contribution in [0.1, 0.15) is 11.1 Å². The second-order valence-corrected chi connectivity index (χ2v) is 7.32. The van der Waals surface area contributed by atoms with Crippen molar-refractivity contribution >= 4 is 26.6 Å². The van der Waals surface area contributed by atoms with Crippen molar-refractivity contribution in [1.29, 1.82) is 5.26 Å². The Balaban J connectivity index is 2.09. The zero-order valence-corrected chi connectivity index (χ0v) is 14.5. The minimum absolute atomic E-state index is 0.0743. The summed E-state index contributed by atoms with van der Waals surface area (Å²) in [7, 11) is -2.23. The number of hydrogen-bond acceptors (Lipinski definition) is 4. The zero-order valence-electron chi connectivity index (χ0n) is 13.6. The fourth-order valence-corrected chi connectivity index (χ4v) is 3.90. The lowest BCUT2D eigenvalue weighted by Gasteiger charge is -2.12. The van der Waals surface area contributed by atoms with Gasteiger partial charge in [-0.3, -0.25) is 9.52 Å². The third kappa shape index (κ3) is 2.99. The molecule has 0 unspecified atom stereocenters. The Hall–Kier alpha value is -3.11. The van der Waals surface area contributed by atoms with Crippen LogP contribution in [0.25, 0.3) is 10.9 Å². The average Bonchev–Trinajstić information content (AvgIpc) is 2.59. The van der Waals surface area contributed by atoms with Crippen LogP contribution in [0.3, 0.4) is 0 Å². The second-order valence-electron chi connectivity index (χ2n) is 5.67. The van der Waals surface area contributed by atoms with Crippen molar-refractivity contribution in [2.45, 2.75) is 11.8 Å².